The first-order valence-corrected chi connectivity index (χ1v) is 4.57. The molecule has 0 spiro atoms. The third kappa shape index (κ3) is 1.79. The lowest BCUT2D eigenvalue weighted by molar-refractivity contribution is 0.143. The van der Waals surface area contributed by atoms with Gasteiger partial charge in [-0.3, -0.25) is 0 Å². The predicted octanol–water partition coefficient (Wildman–Crippen LogP) is 2.80. The highest BCUT2D eigenvalue weighted by molar-refractivity contribution is 5.19. The second kappa shape index (κ2) is 4.01. The molecule has 1 aromatic rings. The van der Waals surface area contributed by atoms with E-state index in [1.165, 1.54) is 0 Å². The maximum Gasteiger partial charge on any atom is 0.279 e. The first-order chi connectivity index (χ1) is 6.90. The Hall–Kier alpha value is -1.70. The molecule has 2 rings (SSSR count). The minimum atomic E-state index is 0.0161. The van der Waals surface area contributed by atoms with Crippen molar-refractivity contribution in [3.05, 3.63) is 60.6 Å². The first-order valence-electron chi connectivity index (χ1n) is 4.57. The molecule has 2 heteroatoms. The third-order valence-corrected chi connectivity index (χ3v) is 2.06. The molecule has 0 radical (unpaired) electrons. The van der Waals surface area contributed by atoms with Crippen LogP contribution in [0.25, 0.3) is 0 Å². The summed E-state index contributed by atoms with van der Waals surface area (Å²) in [4.78, 5) is 0. The summed E-state index contributed by atoms with van der Waals surface area (Å²) < 4.78 is 10.9. The Morgan fingerprint density at radius 3 is 2.79 bits per heavy atom. The number of benzene rings is 1. The van der Waals surface area contributed by atoms with Crippen molar-refractivity contribution < 1.29 is 9.47 Å². The molecule has 1 unspecified atom stereocenters. The molecule has 1 atom stereocenters. The fourth-order valence-corrected chi connectivity index (χ4v) is 1.38. The van der Waals surface area contributed by atoms with Crippen LogP contribution in [0.15, 0.2) is 55.0 Å². The monoisotopic (exact) mass is 188 g/mol. The smallest absolute Gasteiger partial charge is 0.279 e. The summed E-state index contributed by atoms with van der Waals surface area (Å²) in [7, 11) is 0. The van der Waals surface area contributed by atoms with Gasteiger partial charge >= 0.3 is 0 Å². The largest absolute Gasteiger partial charge is 0.461 e. The van der Waals surface area contributed by atoms with Crippen molar-refractivity contribution in [2.75, 3.05) is 6.61 Å². The van der Waals surface area contributed by atoms with Gasteiger partial charge in [0.05, 0.1) is 0 Å². The number of rotatable bonds is 2. The summed E-state index contributed by atoms with van der Waals surface area (Å²) in [6.07, 6.45) is 3.40. The molecule has 0 aliphatic carbocycles. The molecule has 1 aliphatic heterocycles. The van der Waals surface area contributed by atoms with E-state index in [0.717, 1.165) is 5.56 Å². The summed E-state index contributed by atoms with van der Waals surface area (Å²) in [5.41, 5.74) is 1.14. The van der Waals surface area contributed by atoms with E-state index >= 15 is 0 Å². The molecular formula is C12H12O2. The summed E-state index contributed by atoms with van der Waals surface area (Å²) in [6, 6.07) is 10.0. The van der Waals surface area contributed by atoms with Crippen LogP contribution in [0.4, 0.5) is 0 Å². The van der Waals surface area contributed by atoms with E-state index in [1.54, 1.807) is 12.2 Å². The van der Waals surface area contributed by atoms with Crippen molar-refractivity contribution in [1.29, 1.82) is 0 Å². The zero-order valence-electron chi connectivity index (χ0n) is 7.85. The zero-order chi connectivity index (χ0) is 9.80. The van der Waals surface area contributed by atoms with E-state index in [9.17, 15) is 0 Å². The second-order valence-electron chi connectivity index (χ2n) is 3.05. The van der Waals surface area contributed by atoms with E-state index in [4.69, 9.17) is 9.47 Å². The van der Waals surface area contributed by atoms with Crippen LogP contribution in [-0.4, -0.2) is 6.61 Å². The van der Waals surface area contributed by atoms with Crippen LogP contribution in [0.3, 0.4) is 0 Å². The van der Waals surface area contributed by atoms with Crippen LogP contribution >= 0.6 is 0 Å². The first kappa shape index (κ1) is 8.88. The van der Waals surface area contributed by atoms with Gasteiger partial charge in [-0.15, -0.1) is 0 Å². The maximum absolute atomic E-state index is 5.56. The molecule has 0 aromatic heterocycles. The van der Waals surface area contributed by atoms with Crippen LogP contribution in [0.2, 0.25) is 0 Å². The molecule has 1 saturated heterocycles. The minimum Gasteiger partial charge on any atom is -0.461 e. The van der Waals surface area contributed by atoms with E-state index in [0.29, 0.717) is 12.6 Å². The Labute approximate surface area is 83.5 Å². The normalized spacial score (nSPS) is 22.9. The van der Waals surface area contributed by atoms with Crippen LogP contribution in [-0.2, 0) is 9.47 Å². The topological polar surface area (TPSA) is 18.5 Å². The van der Waals surface area contributed by atoms with Crippen molar-refractivity contribution in [2.45, 2.75) is 6.10 Å². The summed E-state index contributed by atoms with van der Waals surface area (Å²) in [5, 5.41) is 0. The molecule has 14 heavy (non-hydrogen) atoms. The Morgan fingerprint density at radius 1 is 1.29 bits per heavy atom. The summed E-state index contributed by atoms with van der Waals surface area (Å²) in [6.45, 7) is 4.16. The molecule has 1 aliphatic rings. The lowest BCUT2D eigenvalue weighted by atomic mass is 10.1. The van der Waals surface area contributed by atoms with Gasteiger partial charge < -0.3 is 9.47 Å². The lowest BCUT2D eigenvalue weighted by Crippen LogP contribution is -1.98. The van der Waals surface area contributed by atoms with Gasteiger partial charge in [-0.2, -0.15) is 0 Å². The van der Waals surface area contributed by atoms with Gasteiger partial charge in [0.1, 0.15) is 6.61 Å². The van der Waals surface area contributed by atoms with Crippen molar-refractivity contribution in [3.8, 4) is 0 Å². The number of ether oxygens (including phenoxy) is 2. The average Bonchev–Trinajstić information content (AvgIpc) is 2.68. The van der Waals surface area contributed by atoms with Gasteiger partial charge in [0.25, 0.3) is 5.95 Å². The molecule has 1 heterocycles. The van der Waals surface area contributed by atoms with Crippen molar-refractivity contribution in [3.63, 3.8) is 0 Å². The fraction of sp³-hybridized carbons (Fsp3) is 0.167. The fourth-order valence-electron chi connectivity index (χ4n) is 1.38. The molecule has 0 bridgehead atoms. The van der Waals surface area contributed by atoms with Crippen LogP contribution in [0.1, 0.15) is 11.7 Å². The maximum atomic E-state index is 5.56. The van der Waals surface area contributed by atoms with Crippen LogP contribution in [0, 0.1) is 0 Å². The summed E-state index contributed by atoms with van der Waals surface area (Å²) >= 11 is 0. The van der Waals surface area contributed by atoms with Gasteiger partial charge in [0.2, 0.25) is 0 Å². The molecular weight excluding hydrogens is 176 g/mol. The lowest BCUT2D eigenvalue weighted by Gasteiger charge is -2.06. The Bertz CT molecular complexity index is 341. The van der Waals surface area contributed by atoms with Crippen molar-refractivity contribution >= 4 is 0 Å². The van der Waals surface area contributed by atoms with Crippen LogP contribution in [0.5, 0.6) is 0 Å². The van der Waals surface area contributed by atoms with Gasteiger partial charge in [0, 0.05) is 6.08 Å². The van der Waals surface area contributed by atoms with E-state index in [2.05, 4.69) is 6.58 Å². The standard InChI is InChI=1S/C12H12O2/c1-2-6-12-13-9-11(14-12)10-7-4-3-5-8-10/h2-8,11H,1,9H2/b12-6+. The van der Waals surface area contributed by atoms with E-state index in [1.807, 2.05) is 30.3 Å². The Kier molecular flexibility index (Phi) is 2.54. The highest BCUT2D eigenvalue weighted by Gasteiger charge is 2.22. The third-order valence-electron chi connectivity index (χ3n) is 2.06. The molecule has 1 aromatic carbocycles. The predicted molar refractivity (Wildman–Crippen MR) is 54.5 cm³/mol. The SMILES string of the molecule is C=C/C=C1\OCC(c2ccccc2)O1. The Balaban J connectivity index is 2.10. The van der Waals surface area contributed by atoms with E-state index < -0.39 is 0 Å². The molecule has 1 fully saturated rings. The van der Waals surface area contributed by atoms with E-state index in [-0.39, 0.29) is 6.10 Å². The van der Waals surface area contributed by atoms with Crippen molar-refractivity contribution in [1.82, 2.24) is 0 Å². The quantitative estimate of drug-likeness (QED) is 0.710. The molecule has 2 nitrogen and oxygen atoms in total. The molecule has 72 valence electrons. The van der Waals surface area contributed by atoms with Crippen LogP contribution < -0.4 is 0 Å². The summed E-state index contributed by atoms with van der Waals surface area (Å²) in [5.74, 6) is 0.550. The van der Waals surface area contributed by atoms with Gasteiger partial charge in [0.15, 0.2) is 6.10 Å². The van der Waals surface area contributed by atoms with Crippen molar-refractivity contribution in [2.24, 2.45) is 0 Å². The molecule has 0 N–H and O–H groups in total. The number of hydrogen-bond donors (Lipinski definition) is 0. The number of hydrogen-bond acceptors (Lipinski definition) is 2. The zero-order valence-corrected chi connectivity index (χ0v) is 7.85. The van der Waals surface area contributed by atoms with Gasteiger partial charge in [-0.25, -0.2) is 0 Å². The Morgan fingerprint density at radius 2 is 2.07 bits per heavy atom. The second-order valence-corrected chi connectivity index (χ2v) is 3.05. The number of allylic oxidation sites excluding steroid dienone is 2. The van der Waals surface area contributed by atoms with Gasteiger partial charge in [-0.05, 0) is 5.56 Å². The van der Waals surface area contributed by atoms with Gasteiger partial charge in [-0.1, -0.05) is 43.0 Å². The highest BCUT2D eigenvalue weighted by atomic mass is 16.7. The molecule has 0 saturated carbocycles. The average molecular weight is 188 g/mol. The minimum absolute atomic E-state index is 0.0161. The highest BCUT2D eigenvalue weighted by Crippen LogP contribution is 2.27. The molecule has 0 amide bonds.